The van der Waals surface area contributed by atoms with E-state index < -0.39 is 0 Å². The maximum atomic E-state index is 12.5. The molecule has 0 unspecified atom stereocenters. The molecule has 6 nitrogen and oxygen atoms in total. The summed E-state index contributed by atoms with van der Waals surface area (Å²) in [6.07, 6.45) is 10.6. The van der Waals surface area contributed by atoms with Crippen molar-refractivity contribution in [2.45, 2.75) is 58.3 Å². The van der Waals surface area contributed by atoms with E-state index in [0.717, 1.165) is 64.2 Å². The van der Waals surface area contributed by atoms with Crippen LogP contribution in [0.25, 0.3) is 0 Å². The first-order chi connectivity index (χ1) is 13.7. The van der Waals surface area contributed by atoms with Crippen LogP contribution < -0.4 is 5.32 Å². The molecule has 2 aliphatic carbocycles. The van der Waals surface area contributed by atoms with Gasteiger partial charge in [0, 0.05) is 52.4 Å². The van der Waals surface area contributed by atoms with E-state index in [1.165, 1.54) is 51.4 Å². The lowest BCUT2D eigenvalue weighted by atomic mass is 9.65. The molecule has 2 aliphatic heterocycles. The van der Waals surface area contributed by atoms with E-state index >= 15 is 0 Å². The normalized spacial score (nSPS) is 26.1. The Morgan fingerprint density at radius 2 is 1.68 bits per heavy atom. The summed E-state index contributed by atoms with van der Waals surface area (Å²) in [7, 11) is 0. The second-order valence-corrected chi connectivity index (χ2v) is 9.37. The van der Waals surface area contributed by atoms with Gasteiger partial charge in [-0.2, -0.15) is 0 Å². The number of aliphatic imine (C=N–C) groups is 1. The fraction of sp³-hybridized carbons (Fsp3) is 0.909. The molecular weight excluding hydrogens is 350 g/mol. The van der Waals surface area contributed by atoms with Crippen LogP contribution >= 0.6 is 0 Å². The molecule has 0 aromatic rings. The van der Waals surface area contributed by atoms with Crippen LogP contribution in [0.4, 0.5) is 0 Å². The molecule has 158 valence electrons. The SMILES string of the molecule is CCNC(=NCC1(C2CC2)CCC1)N1CCN(CC(=O)N2CCCCC2)CC1. The maximum Gasteiger partial charge on any atom is 0.236 e. The zero-order chi connectivity index (χ0) is 19.4. The van der Waals surface area contributed by atoms with Gasteiger partial charge in [-0.15, -0.1) is 0 Å². The van der Waals surface area contributed by atoms with Crippen LogP contribution in [0.2, 0.25) is 0 Å². The quantitative estimate of drug-likeness (QED) is 0.559. The number of carbonyl (C=O) groups excluding carboxylic acids is 1. The van der Waals surface area contributed by atoms with Gasteiger partial charge in [0.2, 0.25) is 5.91 Å². The standard InChI is InChI=1S/C22H39N5O/c1-2-23-21(24-18-22(9-6-10-22)19-7-8-19)27-15-13-25(14-16-27)17-20(28)26-11-4-3-5-12-26/h19H,2-18H2,1H3,(H,23,24). The lowest BCUT2D eigenvalue weighted by Crippen LogP contribution is -2.54. The van der Waals surface area contributed by atoms with Crippen LogP contribution in [0, 0.1) is 11.3 Å². The minimum atomic E-state index is 0.324. The van der Waals surface area contributed by atoms with Crippen molar-refractivity contribution < 1.29 is 4.79 Å². The van der Waals surface area contributed by atoms with E-state index in [2.05, 4.69) is 26.9 Å². The van der Waals surface area contributed by atoms with Gasteiger partial charge in [0.05, 0.1) is 6.54 Å². The van der Waals surface area contributed by atoms with Crippen LogP contribution in [0.1, 0.15) is 58.3 Å². The topological polar surface area (TPSA) is 51.2 Å². The molecule has 2 heterocycles. The molecule has 4 rings (SSSR count). The second-order valence-electron chi connectivity index (χ2n) is 9.37. The van der Waals surface area contributed by atoms with Crippen molar-refractivity contribution in [1.29, 1.82) is 0 Å². The summed E-state index contributed by atoms with van der Waals surface area (Å²) in [4.78, 5) is 24.4. The molecule has 2 saturated heterocycles. The lowest BCUT2D eigenvalue weighted by Gasteiger charge is -2.42. The van der Waals surface area contributed by atoms with Crippen molar-refractivity contribution in [2.75, 3.05) is 58.9 Å². The highest BCUT2D eigenvalue weighted by Crippen LogP contribution is 2.57. The molecular formula is C22H39N5O. The number of guanidine groups is 1. The van der Waals surface area contributed by atoms with E-state index in [0.29, 0.717) is 17.9 Å². The Morgan fingerprint density at radius 3 is 2.25 bits per heavy atom. The summed E-state index contributed by atoms with van der Waals surface area (Å²) in [6.45, 7) is 10.4. The minimum Gasteiger partial charge on any atom is -0.357 e. The number of hydrogen-bond acceptors (Lipinski definition) is 3. The highest BCUT2D eigenvalue weighted by Gasteiger charge is 2.48. The summed E-state index contributed by atoms with van der Waals surface area (Å²) in [6, 6.07) is 0. The number of amides is 1. The first-order valence-electron chi connectivity index (χ1n) is 11.7. The van der Waals surface area contributed by atoms with Crippen molar-refractivity contribution in [3.05, 3.63) is 0 Å². The third-order valence-corrected chi connectivity index (χ3v) is 7.41. The van der Waals surface area contributed by atoms with Crippen molar-refractivity contribution in [3.63, 3.8) is 0 Å². The summed E-state index contributed by atoms with van der Waals surface area (Å²) < 4.78 is 0. The third kappa shape index (κ3) is 4.64. The number of nitrogens with zero attached hydrogens (tertiary/aromatic N) is 4. The van der Waals surface area contributed by atoms with E-state index in [-0.39, 0.29) is 0 Å². The molecule has 0 atom stereocenters. The summed E-state index contributed by atoms with van der Waals surface area (Å²) >= 11 is 0. The second kappa shape index (κ2) is 9.02. The van der Waals surface area contributed by atoms with Gasteiger partial charge in [0.1, 0.15) is 0 Å². The number of rotatable bonds is 6. The Labute approximate surface area is 170 Å². The van der Waals surface area contributed by atoms with Crippen molar-refractivity contribution in [1.82, 2.24) is 20.0 Å². The zero-order valence-electron chi connectivity index (χ0n) is 17.8. The van der Waals surface area contributed by atoms with E-state index in [9.17, 15) is 4.79 Å². The molecule has 0 aromatic heterocycles. The van der Waals surface area contributed by atoms with Crippen molar-refractivity contribution in [2.24, 2.45) is 16.3 Å². The zero-order valence-corrected chi connectivity index (χ0v) is 17.8. The predicted octanol–water partition coefficient (Wildman–Crippen LogP) is 2.16. The van der Waals surface area contributed by atoms with Crippen molar-refractivity contribution in [3.8, 4) is 0 Å². The van der Waals surface area contributed by atoms with Gasteiger partial charge in [-0.05, 0) is 63.2 Å². The average Bonchev–Trinajstić information content (AvgIpc) is 3.53. The fourth-order valence-corrected chi connectivity index (χ4v) is 5.23. The highest BCUT2D eigenvalue weighted by atomic mass is 16.2. The van der Waals surface area contributed by atoms with Crippen LogP contribution in [-0.2, 0) is 4.79 Å². The molecule has 28 heavy (non-hydrogen) atoms. The number of hydrogen-bond donors (Lipinski definition) is 1. The molecule has 6 heteroatoms. The summed E-state index contributed by atoms with van der Waals surface area (Å²) in [5, 5.41) is 3.52. The van der Waals surface area contributed by atoms with E-state index in [4.69, 9.17) is 4.99 Å². The summed E-state index contributed by atoms with van der Waals surface area (Å²) in [5.41, 5.74) is 0.531. The Bertz CT molecular complexity index is 555. The number of piperazine rings is 1. The van der Waals surface area contributed by atoms with Gasteiger partial charge in [-0.1, -0.05) is 6.42 Å². The average molecular weight is 390 g/mol. The third-order valence-electron chi connectivity index (χ3n) is 7.41. The Kier molecular flexibility index (Phi) is 6.44. The number of nitrogens with one attached hydrogen (secondary N) is 1. The van der Waals surface area contributed by atoms with Gasteiger partial charge in [0.25, 0.3) is 0 Å². The minimum absolute atomic E-state index is 0.324. The molecule has 1 amide bonds. The molecule has 0 aromatic carbocycles. The Balaban J connectivity index is 1.27. The first-order valence-corrected chi connectivity index (χ1v) is 11.7. The smallest absolute Gasteiger partial charge is 0.236 e. The molecule has 2 saturated carbocycles. The largest absolute Gasteiger partial charge is 0.357 e. The van der Waals surface area contributed by atoms with Crippen molar-refractivity contribution >= 4 is 11.9 Å². The number of carbonyl (C=O) groups is 1. The first kappa shape index (κ1) is 20.0. The van der Waals surface area contributed by atoms with Gasteiger partial charge in [-0.25, -0.2) is 0 Å². The number of likely N-dealkylation sites (tertiary alicyclic amines) is 1. The Morgan fingerprint density at radius 1 is 0.964 bits per heavy atom. The molecule has 0 bridgehead atoms. The fourth-order valence-electron chi connectivity index (χ4n) is 5.23. The number of piperidine rings is 1. The van der Waals surface area contributed by atoms with Gasteiger partial charge in [-0.3, -0.25) is 14.7 Å². The van der Waals surface area contributed by atoms with Crippen LogP contribution in [0.5, 0.6) is 0 Å². The monoisotopic (exact) mass is 389 g/mol. The van der Waals surface area contributed by atoms with E-state index in [1.807, 2.05) is 0 Å². The van der Waals surface area contributed by atoms with Gasteiger partial charge < -0.3 is 15.1 Å². The maximum absolute atomic E-state index is 12.5. The molecule has 4 fully saturated rings. The molecule has 4 aliphatic rings. The molecule has 0 spiro atoms. The van der Waals surface area contributed by atoms with Crippen LogP contribution in [-0.4, -0.2) is 85.5 Å². The predicted molar refractivity (Wildman–Crippen MR) is 113 cm³/mol. The Hall–Kier alpha value is -1.30. The molecule has 0 radical (unpaired) electrons. The molecule has 1 N–H and O–H groups in total. The lowest BCUT2D eigenvalue weighted by molar-refractivity contribution is -0.133. The van der Waals surface area contributed by atoms with E-state index in [1.54, 1.807) is 0 Å². The highest BCUT2D eigenvalue weighted by molar-refractivity contribution is 5.80. The van der Waals surface area contributed by atoms with Gasteiger partial charge in [0.15, 0.2) is 5.96 Å². The van der Waals surface area contributed by atoms with Gasteiger partial charge >= 0.3 is 0 Å². The van der Waals surface area contributed by atoms with Crippen LogP contribution in [0.15, 0.2) is 4.99 Å². The summed E-state index contributed by atoms with van der Waals surface area (Å²) in [5.74, 6) is 2.37. The van der Waals surface area contributed by atoms with Crippen LogP contribution in [0.3, 0.4) is 0 Å².